The van der Waals surface area contributed by atoms with Crippen molar-refractivity contribution in [2.24, 2.45) is 0 Å². The van der Waals surface area contributed by atoms with Crippen LogP contribution in [0, 0.1) is 21.7 Å². The highest BCUT2D eigenvalue weighted by molar-refractivity contribution is 5.84. The van der Waals surface area contributed by atoms with E-state index in [4.69, 9.17) is 10.2 Å². The standard InChI is InChI=1S/C10H8F2N2O6/c11-4-1-2-6(14(19)20)9(8(4)12)13-5(10(17)18)3-7(15)16/h1-2,5,13H,3H2,(H,15,16)(H,17,18). The molecule has 20 heavy (non-hydrogen) atoms. The van der Waals surface area contributed by atoms with Crippen LogP contribution in [-0.4, -0.2) is 33.1 Å². The van der Waals surface area contributed by atoms with E-state index in [1.807, 2.05) is 5.32 Å². The van der Waals surface area contributed by atoms with Crippen molar-refractivity contribution in [2.45, 2.75) is 12.5 Å². The molecule has 0 spiro atoms. The molecule has 1 aromatic rings. The van der Waals surface area contributed by atoms with Crippen molar-refractivity contribution in [1.29, 1.82) is 0 Å². The highest BCUT2D eigenvalue weighted by Crippen LogP contribution is 2.30. The van der Waals surface area contributed by atoms with Gasteiger partial charge in [-0.15, -0.1) is 0 Å². The zero-order valence-corrected chi connectivity index (χ0v) is 9.67. The normalized spacial score (nSPS) is 11.7. The maximum absolute atomic E-state index is 13.5. The molecule has 0 aromatic heterocycles. The summed E-state index contributed by atoms with van der Waals surface area (Å²) < 4.78 is 26.5. The number of hydrogen-bond donors (Lipinski definition) is 3. The molecule has 0 heterocycles. The van der Waals surface area contributed by atoms with Crippen molar-refractivity contribution in [2.75, 3.05) is 5.32 Å². The van der Waals surface area contributed by atoms with Gasteiger partial charge in [0.2, 0.25) is 0 Å². The van der Waals surface area contributed by atoms with E-state index in [1.54, 1.807) is 0 Å². The van der Waals surface area contributed by atoms with Crippen molar-refractivity contribution in [3.8, 4) is 0 Å². The lowest BCUT2D eigenvalue weighted by Gasteiger charge is -2.14. The minimum absolute atomic E-state index is 0.506. The summed E-state index contributed by atoms with van der Waals surface area (Å²) in [5.74, 6) is -6.29. The van der Waals surface area contributed by atoms with Crippen molar-refractivity contribution in [3.05, 3.63) is 33.9 Å². The molecule has 0 aliphatic rings. The first kappa shape index (κ1) is 15.3. The molecule has 0 aliphatic carbocycles. The van der Waals surface area contributed by atoms with E-state index >= 15 is 0 Å². The molecule has 1 unspecified atom stereocenters. The van der Waals surface area contributed by atoms with Crippen LogP contribution >= 0.6 is 0 Å². The monoisotopic (exact) mass is 290 g/mol. The van der Waals surface area contributed by atoms with Crippen LogP contribution in [0.4, 0.5) is 20.2 Å². The molecule has 8 nitrogen and oxygen atoms in total. The molecule has 0 amide bonds. The number of carboxylic acid groups (broad SMARTS) is 2. The molecule has 0 radical (unpaired) electrons. The average Bonchev–Trinajstić information content (AvgIpc) is 2.32. The van der Waals surface area contributed by atoms with Crippen LogP contribution in [0.15, 0.2) is 12.1 Å². The van der Waals surface area contributed by atoms with Gasteiger partial charge >= 0.3 is 11.9 Å². The molecular formula is C10H8F2N2O6. The van der Waals surface area contributed by atoms with Crippen LogP contribution < -0.4 is 5.32 Å². The van der Waals surface area contributed by atoms with Gasteiger partial charge in [0.25, 0.3) is 5.69 Å². The Balaban J connectivity index is 3.23. The smallest absolute Gasteiger partial charge is 0.326 e. The van der Waals surface area contributed by atoms with E-state index in [2.05, 4.69) is 0 Å². The van der Waals surface area contributed by atoms with E-state index in [1.165, 1.54) is 0 Å². The fraction of sp³-hybridized carbons (Fsp3) is 0.200. The summed E-state index contributed by atoms with van der Waals surface area (Å²) in [6, 6.07) is -0.700. The van der Waals surface area contributed by atoms with Gasteiger partial charge in [-0.1, -0.05) is 0 Å². The molecule has 0 saturated carbocycles. The summed E-state index contributed by atoms with van der Waals surface area (Å²) in [5, 5.41) is 29.8. The largest absolute Gasteiger partial charge is 0.481 e. The fourth-order valence-electron chi connectivity index (χ4n) is 1.38. The number of halogens is 2. The third-order valence-electron chi connectivity index (χ3n) is 2.26. The number of carboxylic acids is 2. The van der Waals surface area contributed by atoms with Crippen LogP contribution in [0.1, 0.15) is 6.42 Å². The number of nitro groups is 1. The van der Waals surface area contributed by atoms with Gasteiger partial charge in [0, 0.05) is 6.07 Å². The van der Waals surface area contributed by atoms with Gasteiger partial charge in [-0.25, -0.2) is 13.6 Å². The van der Waals surface area contributed by atoms with Gasteiger partial charge in [0.05, 0.1) is 11.3 Å². The molecule has 1 rings (SSSR count). The van der Waals surface area contributed by atoms with Crippen LogP contribution in [0.3, 0.4) is 0 Å². The molecule has 10 heteroatoms. The number of anilines is 1. The number of nitrogens with zero attached hydrogens (tertiary/aromatic N) is 1. The number of hydrogen-bond acceptors (Lipinski definition) is 5. The lowest BCUT2D eigenvalue weighted by atomic mass is 10.1. The van der Waals surface area contributed by atoms with E-state index in [9.17, 15) is 28.5 Å². The Morgan fingerprint density at radius 1 is 1.35 bits per heavy atom. The zero-order chi connectivity index (χ0) is 15.4. The molecular weight excluding hydrogens is 282 g/mol. The van der Waals surface area contributed by atoms with E-state index in [0.29, 0.717) is 12.1 Å². The third kappa shape index (κ3) is 3.37. The van der Waals surface area contributed by atoms with Gasteiger partial charge in [0.15, 0.2) is 17.3 Å². The lowest BCUT2D eigenvalue weighted by Crippen LogP contribution is -2.32. The van der Waals surface area contributed by atoms with Gasteiger partial charge in [-0.2, -0.15) is 0 Å². The molecule has 108 valence electrons. The number of aliphatic carboxylic acids is 2. The number of rotatable bonds is 6. The molecule has 1 aromatic carbocycles. The number of carbonyl (C=O) groups is 2. The van der Waals surface area contributed by atoms with Gasteiger partial charge in [0.1, 0.15) is 6.04 Å². The van der Waals surface area contributed by atoms with Crippen molar-refractivity contribution < 1.29 is 33.5 Å². The van der Waals surface area contributed by atoms with Crippen molar-refractivity contribution in [1.82, 2.24) is 0 Å². The zero-order valence-electron chi connectivity index (χ0n) is 9.67. The molecule has 0 saturated heterocycles. The van der Waals surface area contributed by atoms with Crippen LogP contribution in [0.5, 0.6) is 0 Å². The second kappa shape index (κ2) is 5.91. The SMILES string of the molecule is O=C(O)CC(Nc1c([N+](=O)[O-])ccc(F)c1F)C(=O)O. The summed E-state index contributed by atoms with van der Waals surface area (Å²) >= 11 is 0. The van der Waals surface area contributed by atoms with Gasteiger partial charge in [-0.3, -0.25) is 14.9 Å². The Bertz CT molecular complexity index is 577. The Morgan fingerprint density at radius 3 is 2.40 bits per heavy atom. The summed E-state index contributed by atoms with van der Waals surface area (Å²) in [5.41, 5.74) is -1.91. The summed E-state index contributed by atoms with van der Waals surface area (Å²) in [6.45, 7) is 0. The molecule has 3 N–H and O–H groups in total. The van der Waals surface area contributed by atoms with Gasteiger partial charge < -0.3 is 15.5 Å². The second-order valence-corrected chi connectivity index (χ2v) is 3.65. The number of nitro benzene ring substituents is 1. The van der Waals surface area contributed by atoms with E-state index in [0.717, 1.165) is 0 Å². The maximum Gasteiger partial charge on any atom is 0.326 e. The molecule has 1 atom stereocenters. The summed E-state index contributed by atoms with van der Waals surface area (Å²) in [4.78, 5) is 30.9. The van der Waals surface area contributed by atoms with E-state index in [-0.39, 0.29) is 0 Å². The quantitative estimate of drug-likeness (QED) is 0.530. The van der Waals surface area contributed by atoms with Crippen LogP contribution in [-0.2, 0) is 9.59 Å². The molecule has 0 fully saturated rings. The molecule has 0 bridgehead atoms. The Labute approximate surface area is 109 Å². The van der Waals surface area contributed by atoms with Crippen molar-refractivity contribution >= 4 is 23.3 Å². The summed E-state index contributed by atoms with van der Waals surface area (Å²) in [7, 11) is 0. The Hall–Kier alpha value is -2.78. The second-order valence-electron chi connectivity index (χ2n) is 3.65. The Morgan fingerprint density at radius 2 is 1.95 bits per heavy atom. The predicted octanol–water partition coefficient (Wildman–Crippen LogP) is 1.21. The van der Waals surface area contributed by atoms with Crippen LogP contribution in [0.2, 0.25) is 0 Å². The number of benzene rings is 1. The lowest BCUT2D eigenvalue weighted by molar-refractivity contribution is -0.384. The fourth-order valence-corrected chi connectivity index (χ4v) is 1.38. The van der Waals surface area contributed by atoms with Crippen molar-refractivity contribution in [3.63, 3.8) is 0 Å². The molecule has 0 aliphatic heterocycles. The first-order chi connectivity index (χ1) is 9.23. The van der Waals surface area contributed by atoms with Gasteiger partial charge in [-0.05, 0) is 6.07 Å². The minimum Gasteiger partial charge on any atom is -0.481 e. The Kier molecular flexibility index (Phi) is 4.51. The highest BCUT2D eigenvalue weighted by atomic mass is 19.2. The summed E-state index contributed by atoms with van der Waals surface area (Å²) in [6.07, 6.45) is -0.970. The minimum atomic E-state index is -1.84. The highest BCUT2D eigenvalue weighted by Gasteiger charge is 2.28. The first-order valence-corrected chi connectivity index (χ1v) is 5.07. The predicted molar refractivity (Wildman–Crippen MR) is 60.3 cm³/mol. The third-order valence-corrected chi connectivity index (χ3v) is 2.26. The topological polar surface area (TPSA) is 130 Å². The first-order valence-electron chi connectivity index (χ1n) is 5.07. The average molecular weight is 290 g/mol. The van der Waals surface area contributed by atoms with E-state index < -0.39 is 52.3 Å². The van der Waals surface area contributed by atoms with Crippen LogP contribution in [0.25, 0.3) is 0 Å². The number of nitrogens with one attached hydrogen (secondary N) is 1. The maximum atomic E-state index is 13.5.